The fourth-order valence-corrected chi connectivity index (χ4v) is 8.51. The summed E-state index contributed by atoms with van der Waals surface area (Å²) in [5.74, 6) is 1.51. The zero-order valence-electron chi connectivity index (χ0n) is 30.7. The topological polar surface area (TPSA) is 62.8 Å². The van der Waals surface area contributed by atoms with Crippen LogP contribution in [0.2, 0.25) is 0 Å². The molecule has 1 aliphatic heterocycles. The fraction of sp³-hybridized carbons (Fsp3) is 0.0385. The second-order valence-electron chi connectivity index (χ2n) is 14.4. The molecule has 0 spiro atoms. The molecular weight excluding hydrogens is 681 g/mol. The van der Waals surface area contributed by atoms with Gasteiger partial charge in [0.2, 0.25) is 0 Å². The Bertz CT molecular complexity index is 2720. The molecule has 1 heterocycles. The summed E-state index contributed by atoms with van der Waals surface area (Å²) in [5.41, 5.74) is 21.6. The first-order valence-corrected chi connectivity index (χ1v) is 19.1. The van der Waals surface area contributed by atoms with E-state index in [1.54, 1.807) is 0 Å². The van der Waals surface area contributed by atoms with Gasteiger partial charge in [0, 0.05) is 16.8 Å². The van der Waals surface area contributed by atoms with Crippen LogP contribution in [0.3, 0.4) is 0 Å². The van der Waals surface area contributed by atoms with Gasteiger partial charge in [0.25, 0.3) is 0 Å². The van der Waals surface area contributed by atoms with Crippen LogP contribution in [0.5, 0.6) is 0 Å². The Labute approximate surface area is 327 Å². The lowest BCUT2D eigenvalue weighted by atomic mass is 9.67. The van der Waals surface area contributed by atoms with Gasteiger partial charge in [-0.25, -0.2) is 9.98 Å². The number of amidine groups is 2. The van der Waals surface area contributed by atoms with Gasteiger partial charge in [-0.05, 0) is 85.5 Å². The Morgan fingerprint density at radius 3 is 1.50 bits per heavy atom. The van der Waals surface area contributed by atoms with Gasteiger partial charge < -0.3 is 11.1 Å². The molecule has 0 amide bonds. The lowest BCUT2D eigenvalue weighted by Crippen LogP contribution is -2.33. The van der Waals surface area contributed by atoms with Crippen molar-refractivity contribution in [2.24, 2.45) is 9.98 Å². The van der Waals surface area contributed by atoms with Crippen LogP contribution in [-0.4, -0.2) is 11.7 Å². The average molecular weight is 719 g/mol. The van der Waals surface area contributed by atoms with E-state index in [0.29, 0.717) is 5.84 Å². The van der Waals surface area contributed by atoms with Gasteiger partial charge in [0.15, 0.2) is 5.84 Å². The highest BCUT2D eigenvalue weighted by atomic mass is 15.2. The summed E-state index contributed by atoms with van der Waals surface area (Å²) in [6, 6.07) is 73.2. The molecule has 266 valence electrons. The van der Waals surface area contributed by atoms with E-state index in [1.807, 2.05) is 48.5 Å². The van der Waals surface area contributed by atoms with Gasteiger partial charge >= 0.3 is 0 Å². The van der Waals surface area contributed by atoms with E-state index >= 15 is 0 Å². The number of nitrogens with zero attached hydrogens (tertiary/aromatic N) is 2. The monoisotopic (exact) mass is 718 g/mol. The minimum atomic E-state index is -0.542. The molecule has 0 fully saturated rings. The van der Waals surface area contributed by atoms with Crippen molar-refractivity contribution in [2.45, 2.75) is 11.6 Å². The van der Waals surface area contributed by atoms with Gasteiger partial charge in [0.1, 0.15) is 12.0 Å². The van der Waals surface area contributed by atoms with Crippen molar-refractivity contribution < 1.29 is 0 Å². The van der Waals surface area contributed by atoms with Crippen molar-refractivity contribution in [1.29, 1.82) is 0 Å². The molecule has 8 aromatic rings. The van der Waals surface area contributed by atoms with Crippen LogP contribution in [0, 0.1) is 0 Å². The molecule has 4 nitrogen and oxygen atoms in total. The van der Waals surface area contributed by atoms with Crippen molar-refractivity contribution in [3.63, 3.8) is 0 Å². The highest BCUT2D eigenvalue weighted by Gasteiger charge is 2.46. The number of anilines is 1. The number of rotatable bonds is 7. The third kappa shape index (κ3) is 5.71. The molecule has 4 heteroatoms. The Hall–Kier alpha value is -7.30. The van der Waals surface area contributed by atoms with Crippen molar-refractivity contribution in [3.8, 4) is 33.4 Å². The SMILES string of the molecule is Nc1cccc(-c2ccc3c(c2)C(c2ccccc2)(c2ccccc2)c2cc(-c4ccc(C5=NC(c6ccccc6)=NC(c6ccccc6)N5)cc4)ccc2-3)c1. The molecule has 1 aliphatic carbocycles. The van der Waals surface area contributed by atoms with Crippen LogP contribution < -0.4 is 11.1 Å². The number of hydrogen-bond acceptors (Lipinski definition) is 4. The molecule has 2 aliphatic rings. The molecule has 0 saturated heterocycles. The highest BCUT2D eigenvalue weighted by molar-refractivity contribution is 6.13. The molecule has 8 aromatic carbocycles. The number of fused-ring (bicyclic) bond motifs is 3. The Morgan fingerprint density at radius 2 is 0.911 bits per heavy atom. The third-order valence-electron chi connectivity index (χ3n) is 11.2. The van der Waals surface area contributed by atoms with Crippen LogP contribution >= 0.6 is 0 Å². The number of hydrogen-bond donors (Lipinski definition) is 2. The van der Waals surface area contributed by atoms with Crippen LogP contribution in [0.25, 0.3) is 33.4 Å². The lowest BCUT2D eigenvalue weighted by molar-refractivity contribution is 0.674. The van der Waals surface area contributed by atoms with E-state index in [4.69, 9.17) is 15.7 Å². The largest absolute Gasteiger partial charge is 0.399 e. The third-order valence-corrected chi connectivity index (χ3v) is 11.2. The van der Waals surface area contributed by atoms with Crippen LogP contribution in [0.4, 0.5) is 5.69 Å². The Morgan fingerprint density at radius 1 is 0.429 bits per heavy atom. The quantitative estimate of drug-likeness (QED) is 0.161. The molecule has 0 aromatic heterocycles. The number of nitrogen functional groups attached to an aromatic ring is 1. The number of benzene rings is 8. The predicted molar refractivity (Wildman–Crippen MR) is 231 cm³/mol. The summed E-state index contributed by atoms with van der Waals surface area (Å²) in [5, 5.41) is 3.61. The number of nitrogens with two attached hydrogens (primary N) is 1. The molecule has 0 bridgehead atoms. The van der Waals surface area contributed by atoms with Gasteiger partial charge in [-0.3, -0.25) is 0 Å². The van der Waals surface area contributed by atoms with Crippen LogP contribution in [0.15, 0.2) is 216 Å². The summed E-state index contributed by atoms with van der Waals surface area (Å²) in [7, 11) is 0. The summed E-state index contributed by atoms with van der Waals surface area (Å²) in [4.78, 5) is 10.1. The summed E-state index contributed by atoms with van der Waals surface area (Å²) < 4.78 is 0. The first-order chi connectivity index (χ1) is 27.6. The highest BCUT2D eigenvalue weighted by Crippen LogP contribution is 2.57. The van der Waals surface area contributed by atoms with Crippen LogP contribution in [-0.2, 0) is 5.41 Å². The molecule has 3 N–H and O–H groups in total. The maximum absolute atomic E-state index is 6.28. The van der Waals surface area contributed by atoms with Crippen molar-refractivity contribution >= 4 is 17.4 Å². The van der Waals surface area contributed by atoms with E-state index in [1.165, 1.54) is 33.4 Å². The van der Waals surface area contributed by atoms with Crippen molar-refractivity contribution in [2.75, 3.05) is 5.73 Å². The minimum absolute atomic E-state index is 0.249. The molecular formula is C52H38N4. The molecule has 1 atom stereocenters. The molecule has 1 unspecified atom stereocenters. The smallest absolute Gasteiger partial charge is 0.159 e. The number of nitrogens with one attached hydrogen (secondary N) is 1. The number of aliphatic imine (C=N–C) groups is 2. The maximum atomic E-state index is 6.28. The minimum Gasteiger partial charge on any atom is -0.399 e. The molecule has 0 saturated carbocycles. The normalized spacial score (nSPS) is 15.2. The molecule has 0 radical (unpaired) electrons. The Kier molecular flexibility index (Phi) is 8.23. The van der Waals surface area contributed by atoms with Gasteiger partial charge in [0.05, 0.1) is 5.41 Å². The lowest BCUT2D eigenvalue weighted by Gasteiger charge is -2.34. The zero-order valence-corrected chi connectivity index (χ0v) is 30.7. The molecule has 56 heavy (non-hydrogen) atoms. The maximum Gasteiger partial charge on any atom is 0.159 e. The zero-order chi connectivity index (χ0) is 37.5. The summed E-state index contributed by atoms with van der Waals surface area (Å²) >= 11 is 0. The predicted octanol–water partition coefficient (Wildman–Crippen LogP) is 11.5. The van der Waals surface area contributed by atoms with Crippen molar-refractivity contribution in [3.05, 3.63) is 245 Å². The fourth-order valence-electron chi connectivity index (χ4n) is 8.51. The first kappa shape index (κ1) is 33.3. The standard InChI is InChI=1S/C52H38N4/c53-44-23-13-18-39(32-44)41-29-31-46-45-30-28-40(33-47(45)52(48(46)34-41,42-19-9-3-10-20-42)43-21-11-4-12-22-43)35-24-26-38(27-25-35)51-55-49(36-14-5-1-6-15-36)54-50(56-51)37-16-7-2-8-17-37/h1-34,49H,53H2,(H,54,55,56). The summed E-state index contributed by atoms with van der Waals surface area (Å²) in [6.45, 7) is 0. The average Bonchev–Trinajstić information content (AvgIpc) is 3.57. The second kappa shape index (κ2) is 13.8. The van der Waals surface area contributed by atoms with E-state index in [2.05, 4.69) is 163 Å². The van der Waals surface area contributed by atoms with Gasteiger partial charge in [-0.2, -0.15) is 0 Å². The van der Waals surface area contributed by atoms with Gasteiger partial charge in [-0.1, -0.05) is 182 Å². The molecule has 10 rings (SSSR count). The first-order valence-electron chi connectivity index (χ1n) is 19.1. The van der Waals surface area contributed by atoms with E-state index in [0.717, 1.165) is 50.5 Å². The van der Waals surface area contributed by atoms with E-state index < -0.39 is 5.41 Å². The van der Waals surface area contributed by atoms with E-state index in [-0.39, 0.29) is 6.17 Å². The Balaban J connectivity index is 1.09. The summed E-state index contributed by atoms with van der Waals surface area (Å²) in [6.07, 6.45) is -0.249. The van der Waals surface area contributed by atoms with E-state index in [9.17, 15) is 0 Å². The van der Waals surface area contributed by atoms with Crippen molar-refractivity contribution in [1.82, 2.24) is 5.32 Å². The van der Waals surface area contributed by atoms with Gasteiger partial charge in [-0.15, -0.1) is 0 Å². The van der Waals surface area contributed by atoms with Crippen LogP contribution in [0.1, 0.15) is 45.1 Å². The second-order valence-corrected chi connectivity index (χ2v) is 14.4.